The number of carbonyl (C=O) groups excluding carboxylic acids is 1. The van der Waals surface area contributed by atoms with Crippen LogP contribution in [0.4, 0.5) is 14.5 Å². The molecule has 1 heterocycles. The van der Waals surface area contributed by atoms with Crippen molar-refractivity contribution in [3.63, 3.8) is 0 Å². The molecule has 3 aromatic rings. The zero-order chi connectivity index (χ0) is 19.4. The fraction of sp³-hybridized carbons (Fsp3) is 0.105. The van der Waals surface area contributed by atoms with Crippen LogP contribution in [-0.2, 0) is 11.3 Å². The molecule has 0 radical (unpaired) electrons. The predicted octanol–water partition coefficient (Wildman–Crippen LogP) is 2.84. The number of anilines is 1. The highest BCUT2D eigenvalue weighted by molar-refractivity contribution is 5.90. The van der Waals surface area contributed by atoms with Crippen molar-refractivity contribution >= 4 is 11.6 Å². The summed E-state index contributed by atoms with van der Waals surface area (Å²) < 4.78 is 32.5. The average Bonchev–Trinajstić information content (AvgIpc) is 2.64. The molecule has 0 bridgehead atoms. The molecule has 6 nitrogen and oxygen atoms in total. The number of rotatable bonds is 5. The molecular weight excluding hydrogens is 356 g/mol. The first-order valence-electron chi connectivity index (χ1n) is 7.94. The van der Waals surface area contributed by atoms with Gasteiger partial charge in [-0.1, -0.05) is 0 Å². The third kappa shape index (κ3) is 4.35. The van der Waals surface area contributed by atoms with Crippen LogP contribution in [0.3, 0.4) is 0 Å². The Kier molecular flexibility index (Phi) is 5.25. The van der Waals surface area contributed by atoms with Gasteiger partial charge in [0.25, 0.3) is 5.56 Å². The number of ether oxygens (including phenoxy) is 1. The second kappa shape index (κ2) is 7.77. The van der Waals surface area contributed by atoms with Gasteiger partial charge in [0.15, 0.2) is 11.6 Å². The van der Waals surface area contributed by atoms with E-state index < -0.39 is 23.1 Å². The number of hydrogen-bond donors (Lipinski definition) is 1. The van der Waals surface area contributed by atoms with Crippen molar-refractivity contribution in [3.05, 3.63) is 76.6 Å². The molecule has 1 aromatic heterocycles. The Bertz CT molecular complexity index is 1030. The molecular formula is C19H15F2N3O3. The zero-order valence-corrected chi connectivity index (χ0v) is 14.3. The molecule has 1 amide bonds. The van der Waals surface area contributed by atoms with Crippen LogP contribution in [0.15, 0.2) is 59.4 Å². The Labute approximate surface area is 153 Å². The summed E-state index contributed by atoms with van der Waals surface area (Å²) in [5.74, 6) is -1.51. The topological polar surface area (TPSA) is 73.2 Å². The van der Waals surface area contributed by atoms with Gasteiger partial charge < -0.3 is 10.1 Å². The molecule has 0 saturated heterocycles. The summed E-state index contributed by atoms with van der Waals surface area (Å²) >= 11 is 0. The van der Waals surface area contributed by atoms with Crippen LogP contribution in [0.5, 0.6) is 5.75 Å². The Hall–Kier alpha value is -3.55. The highest BCUT2D eigenvalue weighted by Crippen LogP contribution is 2.20. The minimum Gasteiger partial charge on any atom is -0.494 e. The van der Waals surface area contributed by atoms with E-state index in [2.05, 4.69) is 10.4 Å². The highest BCUT2D eigenvalue weighted by atomic mass is 19.1. The van der Waals surface area contributed by atoms with Gasteiger partial charge in [0.1, 0.15) is 12.4 Å². The molecule has 138 valence electrons. The summed E-state index contributed by atoms with van der Waals surface area (Å²) in [5.41, 5.74) is 0.763. The van der Waals surface area contributed by atoms with Gasteiger partial charge in [-0.2, -0.15) is 5.10 Å². The lowest BCUT2D eigenvalue weighted by atomic mass is 10.1. The number of halogens is 2. The Balaban J connectivity index is 1.77. The fourth-order valence-electron chi connectivity index (χ4n) is 2.42. The molecule has 0 atom stereocenters. The van der Waals surface area contributed by atoms with Crippen molar-refractivity contribution in [2.75, 3.05) is 12.4 Å². The summed E-state index contributed by atoms with van der Waals surface area (Å²) in [5, 5.41) is 6.62. The minimum atomic E-state index is -0.621. The Morgan fingerprint density at radius 3 is 2.52 bits per heavy atom. The molecule has 0 aliphatic heterocycles. The van der Waals surface area contributed by atoms with E-state index >= 15 is 0 Å². The largest absolute Gasteiger partial charge is 0.494 e. The van der Waals surface area contributed by atoms with Gasteiger partial charge in [-0.05, 0) is 42.5 Å². The first-order chi connectivity index (χ1) is 13.0. The first kappa shape index (κ1) is 18.2. The molecule has 0 unspecified atom stereocenters. The summed E-state index contributed by atoms with van der Waals surface area (Å²) in [6.07, 6.45) is 0. The lowest BCUT2D eigenvalue weighted by Gasteiger charge is -2.09. The normalized spacial score (nSPS) is 10.5. The van der Waals surface area contributed by atoms with Crippen molar-refractivity contribution in [2.24, 2.45) is 0 Å². The van der Waals surface area contributed by atoms with Gasteiger partial charge in [0, 0.05) is 23.4 Å². The van der Waals surface area contributed by atoms with Gasteiger partial charge in [0.2, 0.25) is 5.91 Å². The van der Waals surface area contributed by atoms with E-state index in [0.29, 0.717) is 11.3 Å². The molecule has 0 aliphatic rings. The molecule has 3 rings (SSSR count). The summed E-state index contributed by atoms with van der Waals surface area (Å²) in [4.78, 5) is 24.1. The number of amides is 1. The standard InChI is InChI=1S/C19H15F2N3O3/c1-27-17-8-6-14(10-15(17)21)22-18(25)11-24-19(26)9-7-16(23-24)12-2-4-13(20)5-3-12/h2-10H,11H2,1H3,(H,22,25). The molecule has 0 saturated carbocycles. The van der Waals surface area contributed by atoms with Gasteiger partial charge in [-0.25, -0.2) is 13.5 Å². The maximum Gasteiger partial charge on any atom is 0.267 e. The monoisotopic (exact) mass is 371 g/mol. The van der Waals surface area contributed by atoms with Crippen LogP contribution in [0.25, 0.3) is 11.3 Å². The average molecular weight is 371 g/mol. The number of hydrogen-bond acceptors (Lipinski definition) is 4. The fourth-order valence-corrected chi connectivity index (χ4v) is 2.42. The second-order valence-electron chi connectivity index (χ2n) is 5.62. The maximum absolute atomic E-state index is 13.7. The summed E-state index contributed by atoms with van der Waals surface area (Å²) in [6.45, 7) is -0.360. The molecule has 0 aliphatic carbocycles. The third-order valence-electron chi connectivity index (χ3n) is 3.74. The Morgan fingerprint density at radius 1 is 1.11 bits per heavy atom. The number of carbonyl (C=O) groups is 1. The van der Waals surface area contributed by atoms with Crippen molar-refractivity contribution < 1.29 is 18.3 Å². The van der Waals surface area contributed by atoms with E-state index in [1.807, 2.05) is 0 Å². The highest BCUT2D eigenvalue weighted by Gasteiger charge is 2.10. The van der Waals surface area contributed by atoms with Crippen molar-refractivity contribution in [1.82, 2.24) is 9.78 Å². The maximum atomic E-state index is 13.7. The molecule has 8 heteroatoms. The van der Waals surface area contributed by atoms with Crippen LogP contribution >= 0.6 is 0 Å². The second-order valence-corrected chi connectivity index (χ2v) is 5.62. The van der Waals surface area contributed by atoms with E-state index in [4.69, 9.17) is 4.74 Å². The molecule has 0 fully saturated rings. The molecule has 1 N–H and O–H groups in total. The molecule has 2 aromatic carbocycles. The number of nitrogens with zero attached hydrogens (tertiary/aromatic N) is 2. The number of methoxy groups -OCH3 is 1. The number of nitrogens with one attached hydrogen (secondary N) is 1. The van der Waals surface area contributed by atoms with E-state index in [9.17, 15) is 18.4 Å². The van der Waals surface area contributed by atoms with Gasteiger partial charge in [-0.3, -0.25) is 9.59 Å². The summed E-state index contributed by atoms with van der Waals surface area (Å²) in [6, 6.07) is 12.3. The van der Waals surface area contributed by atoms with Gasteiger partial charge in [-0.15, -0.1) is 0 Å². The molecule has 27 heavy (non-hydrogen) atoms. The smallest absolute Gasteiger partial charge is 0.267 e. The van der Waals surface area contributed by atoms with E-state index in [0.717, 1.165) is 10.7 Å². The van der Waals surface area contributed by atoms with Crippen LogP contribution < -0.4 is 15.6 Å². The lowest BCUT2D eigenvalue weighted by molar-refractivity contribution is -0.117. The van der Waals surface area contributed by atoms with Crippen molar-refractivity contribution in [3.8, 4) is 17.0 Å². The number of benzene rings is 2. The van der Waals surface area contributed by atoms with Crippen LogP contribution in [0, 0.1) is 11.6 Å². The number of aromatic nitrogens is 2. The predicted molar refractivity (Wildman–Crippen MR) is 95.5 cm³/mol. The van der Waals surface area contributed by atoms with E-state index in [1.54, 1.807) is 0 Å². The first-order valence-corrected chi connectivity index (χ1v) is 7.94. The van der Waals surface area contributed by atoms with Crippen LogP contribution in [-0.4, -0.2) is 22.8 Å². The van der Waals surface area contributed by atoms with Crippen LogP contribution in [0.2, 0.25) is 0 Å². The lowest BCUT2D eigenvalue weighted by Crippen LogP contribution is -2.29. The quantitative estimate of drug-likeness (QED) is 0.749. The Morgan fingerprint density at radius 2 is 1.85 bits per heavy atom. The van der Waals surface area contributed by atoms with Gasteiger partial charge >= 0.3 is 0 Å². The zero-order valence-electron chi connectivity index (χ0n) is 14.3. The summed E-state index contributed by atoms with van der Waals surface area (Å²) in [7, 11) is 1.34. The van der Waals surface area contributed by atoms with E-state index in [1.165, 1.54) is 55.6 Å². The third-order valence-corrected chi connectivity index (χ3v) is 3.74. The van der Waals surface area contributed by atoms with Gasteiger partial charge in [0.05, 0.1) is 12.8 Å². The van der Waals surface area contributed by atoms with Crippen LogP contribution in [0.1, 0.15) is 0 Å². The van der Waals surface area contributed by atoms with E-state index in [-0.39, 0.29) is 18.0 Å². The van der Waals surface area contributed by atoms with Crippen molar-refractivity contribution in [1.29, 1.82) is 0 Å². The minimum absolute atomic E-state index is 0.0536. The van der Waals surface area contributed by atoms with Crippen molar-refractivity contribution in [2.45, 2.75) is 6.54 Å². The molecule has 0 spiro atoms. The SMILES string of the molecule is COc1ccc(NC(=O)Cn2nc(-c3ccc(F)cc3)ccc2=O)cc1F.